The molecule has 0 saturated carbocycles. The number of fused-ring (bicyclic) bond motifs is 1. The van der Waals surface area contributed by atoms with Crippen molar-refractivity contribution in [3.8, 4) is 5.88 Å². The first-order chi connectivity index (χ1) is 11.3. The fourth-order valence-corrected chi connectivity index (χ4v) is 3.56. The first kappa shape index (κ1) is 14.7. The summed E-state index contributed by atoms with van der Waals surface area (Å²) in [5.41, 5.74) is 0.963. The Labute approximate surface area is 135 Å². The second kappa shape index (κ2) is 6.29. The van der Waals surface area contributed by atoms with Crippen LogP contribution in [0.3, 0.4) is 0 Å². The molecule has 0 aromatic carbocycles. The van der Waals surface area contributed by atoms with Crippen LogP contribution in [0, 0.1) is 6.92 Å². The molecule has 0 unspecified atom stereocenters. The number of ether oxygens (including phenoxy) is 2. The molecule has 2 aromatic heterocycles. The molecule has 4 heterocycles. The van der Waals surface area contributed by atoms with E-state index in [1.807, 2.05) is 31.2 Å². The van der Waals surface area contributed by atoms with Gasteiger partial charge in [-0.25, -0.2) is 4.98 Å². The van der Waals surface area contributed by atoms with Crippen molar-refractivity contribution in [2.45, 2.75) is 44.6 Å². The highest BCUT2D eigenvalue weighted by atomic mass is 16.5. The van der Waals surface area contributed by atoms with Crippen LogP contribution in [0.4, 0.5) is 0 Å². The van der Waals surface area contributed by atoms with Crippen molar-refractivity contribution in [1.82, 2.24) is 15.0 Å². The summed E-state index contributed by atoms with van der Waals surface area (Å²) < 4.78 is 17.3. The third kappa shape index (κ3) is 3.09. The summed E-state index contributed by atoms with van der Waals surface area (Å²) in [4.78, 5) is 6.67. The van der Waals surface area contributed by atoms with Gasteiger partial charge in [0, 0.05) is 44.1 Å². The van der Waals surface area contributed by atoms with Gasteiger partial charge in [0.2, 0.25) is 5.88 Å². The maximum Gasteiger partial charge on any atom is 0.213 e. The van der Waals surface area contributed by atoms with Gasteiger partial charge in [-0.3, -0.25) is 4.90 Å². The molecule has 4 rings (SSSR count). The van der Waals surface area contributed by atoms with E-state index in [0.29, 0.717) is 11.9 Å². The van der Waals surface area contributed by atoms with Crippen molar-refractivity contribution in [2.75, 3.05) is 13.2 Å². The summed E-state index contributed by atoms with van der Waals surface area (Å²) in [5.74, 6) is 1.50. The molecule has 122 valence electrons. The second-order valence-corrected chi connectivity index (χ2v) is 6.23. The van der Waals surface area contributed by atoms with Crippen molar-refractivity contribution in [3.63, 3.8) is 0 Å². The van der Waals surface area contributed by atoms with Crippen LogP contribution in [-0.2, 0) is 11.3 Å². The van der Waals surface area contributed by atoms with Gasteiger partial charge in [-0.1, -0.05) is 11.2 Å². The zero-order valence-corrected chi connectivity index (χ0v) is 13.2. The Bertz CT molecular complexity index is 646. The molecule has 0 aliphatic carbocycles. The van der Waals surface area contributed by atoms with Crippen molar-refractivity contribution in [2.24, 2.45) is 0 Å². The van der Waals surface area contributed by atoms with E-state index in [1.54, 1.807) is 6.20 Å². The molecule has 2 aliphatic heterocycles. The summed E-state index contributed by atoms with van der Waals surface area (Å²) in [6.45, 7) is 4.31. The Kier molecular flexibility index (Phi) is 4.01. The van der Waals surface area contributed by atoms with Crippen LogP contribution in [0.15, 0.2) is 35.0 Å². The Morgan fingerprint density at radius 2 is 2.35 bits per heavy atom. The molecule has 0 amide bonds. The van der Waals surface area contributed by atoms with Gasteiger partial charge in [0.1, 0.15) is 18.0 Å². The standard InChI is InChI=1S/C17H21N3O3/c1-12-9-13(19-23-12)10-20-11-15(17-14(20)5-4-8-21-17)22-16-6-2-3-7-18-16/h2-3,6-7,9,14-15,17H,4-5,8,10-11H2,1H3/t14-,15+,17+/m1/s1. The number of pyridine rings is 1. The summed E-state index contributed by atoms with van der Waals surface area (Å²) in [7, 11) is 0. The van der Waals surface area contributed by atoms with Crippen LogP contribution in [0.2, 0.25) is 0 Å². The van der Waals surface area contributed by atoms with E-state index in [9.17, 15) is 0 Å². The number of nitrogens with zero attached hydrogens (tertiary/aromatic N) is 3. The van der Waals surface area contributed by atoms with Crippen molar-refractivity contribution in [1.29, 1.82) is 0 Å². The highest BCUT2D eigenvalue weighted by Gasteiger charge is 2.45. The van der Waals surface area contributed by atoms with E-state index in [2.05, 4.69) is 15.0 Å². The average Bonchev–Trinajstić information content (AvgIpc) is 3.14. The van der Waals surface area contributed by atoms with Crippen molar-refractivity contribution < 1.29 is 14.0 Å². The number of hydrogen-bond acceptors (Lipinski definition) is 6. The Balaban J connectivity index is 1.49. The fraction of sp³-hybridized carbons (Fsp3) is 0.529. The molecule has 2 fully saturated rings. The third-order valence-electron chi connectivity index (χ3n) is 4.54. The molecule has 0 bridgehead atoms. The van der Waals surface area contributed by atoms with Gasteiger partial charge in [0.25, 0.3) is 0 Å². The molecule has 2 aliphatic rings. The molecule has 0 N–H and O–H groups in total. The quantitative estimate of drug-likeness (QED) is 0.862. The van der Waals surface area contributed by atoms with Gasteiger partial charge in [-0.2, -0.15) is 0 Å². The molecule has 2 aromatic rings. The van der Waals surface area contributed by atoms with Gasteiger partial charge in [-0.15, -0.1) is 0 Å². The fourth-order valence-electron chi connectivity index (χ4n) is 3.56. The van der Waals surface area contributed by atoms with Crippen molar-refractivity contribution >= 4 is 0 Å². The van der Waals surface area contributed by atoms with E-state index in [4.69, 9.17) is 14.0 Å². The van der Waals surface area contributed by atoms with E-state index in [1.165, 1.54) is 0 Å². The molecule has 0 radical (unpaired) electrons. The highest BCUT2D eigenvalue weighted by Crippen LogP contribution is 2.32. The molecule has 6 heteroatoms. The van der Waals surface area contributed by atoms with Gasteiger partial charge in [-0.05, 0) is 25.8 Å². The maximum absolute atomic E-state index is 6.10. The molecule has 3 atom stereocenters. The Hall–Kier alpha value is -1.92. The number of hydrogen-bond donors (Lipinski definition) is 0. The average molecular weight is 315 g/mol. The number of rotatable bonds is 4. The minimum atomic E-state index is 0.00296. The van der Waals surface area contributed by atoms with E-state index < -0.39 is 0 Å². The van der Waals surface area contributed by atoms with E-state index >= 15 is 0 Å². The Morgan fingerprint density at radius 1 is 1.39 bits per heavy atom. The van der Waals surface area contributed by atoms with Gasteiger partial charge in [0.05, 0.1) is 5.69 Å². The van der Waals surface area contributed by atoms with Crippen molar-refractivity contribution in [3.05, 3.63) is 41.9 Å². The monoisotopic (exact) mass is 315 g/mol. The lowest BCUT2D eigenvalue weighted by Gasteiger charge is -2.31. The summed E-state index contributed by atoms with van der Waals surface area (Å²) in [6, 6.07) is 8.08. The van der Waals surface area contributed by atoms with Gasteiger partial charge >= 0.3 is 0 Å². The molecule has 0 spiro atoms. The van der Waals surface area contributed by atoms with Gasteiger partial charge in [0.15, 0.2) is 0 Å². The minimum Gasteiger partial charge on any atom is -0.470 e. The lowest BCUT2D eigenvalue weighted by Crippen LogP contribution is -2.42. The molecular formula is C17H21N3O3. The molecule has 23 heavy (non-hydrogen) atoms. The smallest absolute Gasteiger partial charge is 0.213 e. The number of likely N-dealkylation sites (tertiary alicyclic amines) is 1. The summed E-state index contributed by atoms with van der Waals surface area (Å²) in [5, 5.41) is 4.12. The lowest BCUT2D eigenvalue weighted by atomic mass is 10.0. The first-order valence-electron chi connectivity index (χ1n) is 8.15. The van der Waals surface area contributed by atoms with Gasteiger partial charge < -0.3 is 14.0 Å². The number of aryl methyl sites for hydroxylation is 1. The minimum absolute atomic E-state index is 0.00296. The van der Waals surface area contributed by atoms with E-state index in [0.717, 1.165) is 44.0 Å². The van der Waals surface area contributed by atoms with Crippen LogP contribution < -0.4 is 4.74 Å². The van der Waals surface area contributed by atoms with Crippen LogP contribution >= 0.6 is 0 Å². The summed E-state index contributed by atoms with van der Waals surface area (Å²) in [6.07, 6.45) is 4.07. The Morgan fingerprint density at radius 3 is 3.13 bits per heavy atom. The molecular weight excluding hydrogens is 294 g/mol. The number of aromatic nitrogens is 2. The normalized spacial score (nSPS) is 27.8. The third-order valence-corrected chi connectivity index (χ3v) is 4.54. The largest absolute Gasteiger partial charge is 0.470 e. The zero-order valence-electron chi connectivity index (χ0n) is 13.2. The molecule has 6 nitrogen and oxygen atoms in total. The first-order valence-corrected chi connectivity index (χ1v) is 8.15. The van der Waals surface area contributed by atoms with Crippen LogP contribution in [-0.4, -0.2) is 46.4 Å². The molecule has 2 saturated heterocycles. The lowest BCUT2D eigenvalue weighted by molar-refractivity contribution is -0.0481. The van der Waals surface area contributed by atoms with Crippen LogP contribution in [0.1, 0.15) is 24.3 Å². The zero-order chi connectivity index (χ0) is 15.6. The summed E-state index contributed by atoms with van der Waals surface area (Å²) >= 11 is 0. The predicted octanol–water partition coefficient (Wildman–Crippen LogP) is 2.19. The predicted molar refractivity (Wildman–Crippen MR) is 83.1 cm³/mol. The van der Waals surface area contributed by atoms with Crippen LogP contribution in [0.5, 0.6) is 5.88 Å². The van der Waals surface area contributed by atoms with E-state index in [-0.39, 0.29) is 12.2 Å². The SMILES string of the molecule is Cc1cc(CN2C[C@H](Oc3ccccn3)[C@H]3OCCC[C@H]32)no1. The second-order valence-electron chi connectivity index (χ2n) is 6.23. The maximum atomic E-state index is 6.10. The topological polar surface area (TPSA) is 60.6 Å². The highest BCUT2D eigenvalue weighted by molar-refractivity contribution is 5.12. The van der Waals surface area contributed by atoms with Crippen LogP contribution in [0.25, 0.3) is 0 Å².